The quantitative estimate of drug-likeness (QED) is 0.463. The summed E-state index contributed by atoms with van der Waals surface area (Å²) in [5.74, 6) is -1.07. The van der Waals surface area contributed by atoms with Crippen LogP contribution in [0.4, 0.5) is 20.2 Å². The average Bonchev–Trinajstić information content (AvgIpc) is 3.11. The second-order valence-corrected chi connectivity index (χ2v) is 7.29. The molecule has 1 aliphatic heterocycles. The van der Waals surface area contributed by atoms with Gasteiger partial charge in [-0.25, -0.2) is 8.78 Å². The zero-order valence-electron chi connectivity index (χ0n) is 15.9. The molecule has 0 aliphatic carbocycles. The topological polar surface area (TPSA) is 54.6 Å². The summed E-state index contributed by atoms with van der Waals surface area (Å²) in [5, 5.41) is 11.8. The van der Waals surface area contributed by atoms with E-state index in [9.17, 15) is 18.9 Å². The highest BCUT2D eigenvalue weighted by molar-refractivity contribution is 5.82. The second kappa shape index (κ2) is 8.16. The fourth-order valence-electron chi connectivity index (χ4n) is 3.91. The Kier molecular flexibility index (Phi) is 5.44. The molecule has 1 saturated heterocycles. The van der Waals surface area contributed by atoms with Crippen molar-refractivity contribution in [1.82, 2.24) is 9.47 Å². The van der Waals surface area contributed by atoms with E-state index in [0.717, 1.165) is 49.6 Å². The first-order chi connectivity index (χ1) is 14.0. The lowest BCUT2D eigenvalue weighted by molar-refractivity contribution is -0.384. The summed E-state index contributed by atoms with van der Waals surface area (Å²) in [4.78, 5) is 14.8. The van der Waals surface area contributed by atoms with Crippen LogP contribution in [0.2, 0.25) is 0 Å². The van der Waals surface area contributed by atoms with Gasteiger partial charge in [-0.1, -0.05) is 0 Å². The molecule has 0 atom stereocenters. The molecule has 0 radical (unpaired) electrons. The number of halogens is 2. The highest BCUT2D eigenvalue weighted by atomic mass is 19.1. The van der Waals surface area contributed by atoms with E-state index in [1.165, 1.54) is 18.2 Å². The van der Waals surface area contributed by atoms with Crippen LogP contribution in [0, 0.1) is 21.7 Å². The van der Waals surface area contributed by atoms with E-state index in [0.29, 0.717) is 18.8 Å². The molecule has 0 unspecified atom stereocenters. The minimum absolute atomic E-state index is 0.103. The van der Waals surface area contributed by atoms with Crippen molar-refractivity contribution in [2.45, 2.75) is 13.0 Å². The van der Waals surface area contributed by atoms with E-state index in [2.05, 4.69) is 9.47 Å². The highest BCUT2D eigenvalue weighted by Gasteiger charge is 2.19. The van der Waals surface area contributed by atoms with Gasteiger partial charge in [-0.15, -0.1) is 0 Å². The number of benzene rings is 2. The highest BCUT2D eigenvalue weighted by Crippen LogP contribution is 2.23. The van der Waals surface area contributed by atoms with Crippen LogP contribution in [-0.2, 0) is 6.54 Å². The lowest BCUT2D eigenvalue weighted by atomic mass is 10.2. The summed E-state index contributed by atoms with van der Waals surface area (Å²) >= 11 is 0. The third-order valence-corrected chi connectivity index (χ3v) is 5.46. The number of nitro groups is 1. The van der Waals surface area contributed by atoms with Crippen molar-refractivity contribution in [3.8, 4) is 0 Å². The number of aromatic nitrogens is 1. The van der Waals surface area contributed by atoms with Gasteiger partial charge in [0, 0.05) is 68.0 Å². The maximum absolute atomic E-state index is 14.0. The number of nitrogens with zero attached hydrogens (tertiary/aromatic N) is 4. The molecule has 4 rings (SSSR count). The van der Waals surface area contributed by atoms with Gasteiger partial charge in [0.05, 0.1) is 10.6 Å². The zero-order chi connectivity index (χ0) is 20.4. The van der Waals surface area contributed by atoms with Gasteiger partial charge in [0.15, 0.2) is 0 Å². The number of rotatable bonds is 6. The number of fused-ring (bicyclic) bond motifs is 1. The molecule has 1 fully saturated rings. The Labute approximate surface area is 167 Å². The fraction of sp³-hybridized carbons (Fsp3) is 0.333. The lowest BCUT2D eigenvalue weighted by Crippen LogP contribution is -2.47. The van der Waals surface area contributed by atoms with E-state index < -0.39 is 11.6 Å². The van der Waals surface area contributed by atoms with Crippen molar-refractivity contribution < 1.29 is 13.7 Å². The number of non-ortho nitro benzene ring substituents is 1. The van der Waals surface area contributed by atoms with Crippen molar-refractivity contribution in [3.63, 3.8) is 0 Å². The van der Waals surface area contributed by atoms with Gasteiger partial charge >= 0.3 is 0 Å². The molecule has 2 heterocycles. The summed E-state index contributed by atoms with van der Waals surface area (Å²) in [6, 6.07) is 10.6. The third kappa shape index (κ3) is 4.22. The van der Waals surface area contributed by atoms with E-state index in [-0.39, 0.29) is 10.6 Å². The van der Waals surface area contributed by atoms with E-state index in [4.69, 9.17) is 0 Å². The third-order valence-electron chi connectivity index (χ3n) is 5.46. The Morgan fingerprint density at radius 2 is 1.76 bits per heavy atom. The number of piperazine rings is 1. The minimum Gasteiger partial charge on any atom is -0.367 e. The Bertz CT molecular complexity index is 1030. The molecule has 1 aliphatic rings. The zero-order valence-corrected chi connectivity index (χ0v) is 15.9. The van der Waals surface area contributed by atoms with Crippen LogP contribution in [0.3, 0.4) is 0 Å². The van der Waals surface area contributed by atoms with Gasteiger partial charge in [0.1, 0.15) is 11.6 Å². The first kappa shape index (κ1) is 19.3. The van der Waals surface area contributed by atoms with Crippen LogP contribution in [0.15, 0.2) is 48.7 Å². The normalized spacial score (nSPS) is 15.2. The molecule has 0 amide bonds. The molecule has 8 heteroatoms. The molecule has 152 valence electrons. The Morgan fingerprint density at radius 3 is 2.48 bits per heavy atom. The van der Waals surface area contributed by atoms with Crippen molar-refractivity contribution >= 4 is 22.3 Å². The van der Waals surface area contributed by atoms with Crippen molar-refractivity contribution in [3.05, 3.63) is 70.4 Å². The van der Waals surface area contributed by atoms with E-state index in [1.54, 1.807) is 12.1 Å². The minimum atomic E-state index is -0.558. The summed E-state index contributed by atoms with van der Waals surface area (Å²) in [6.07, 6.45) is 2.91. The average molecular weight is 400 g/mol. The Hall–Kier alpha value is -3.00. The fourth-order valence-corrected chi connectivity index (χ4v) is 3.91. The monoisotopic (exact) mass is 400 g/mol. The predicted molar refractivity (Wildman–Crippen MR) is 108 cm³/mol. The van der Waals surface area contributed by atoms with Gasteiger partial charge in [0.25, 0.3) is 5.69 Å². The van der Waals surface area contributed by atoms with Gasteiger partial charge in [-0.3, -0.25) is 15.0 Å². The maximum atomic E-state index is 14.0. The van der Waals surface area contributed by atoms with Crippen LogP contribution < -0.4 is 4.90 Å². The summed E-state index contributed by atoms with van der Waals surface area (Å²) in [7, 11) is 0. The standard InChI is InChI=1S/C21H22F2N4O2/c22-17-2-4-21(19(23)15-17)26-12-10-24(11-13-26)7-1-8-25-9-6-16-14-18(27(28)29)3-5-20(16)25/h2-6,9,14-15H,1,7-8,10-13H2. The van der Waals surface area contributed by atoms with E-state index >= 15 is 0 Å². The molecule has 0 saturated carbocycles. The van der Waals surface area contributed by atoms with Crippen LogP contribution >= 0.6 is 0 Å². The van der Waals surface area contributed by atoms with Crippen LogP contribution in [0.25, 0.3) is 10.9 Å². The molecule has 29 heavy (non-hydrogen) atoms. The number of anilines is 1. The van der Waals surface area contributed by atoms with Crippen molar-refractivity contribution in [2.75, 3.05) is 37.6 Å². The predicted octanol–water partition coefficient (Wildman–Crippen LogP) is 4.04. The molecular weight excluding hydrogens is 378 g/mol. The number of hydrogen-bond donors (Lipinski definition) is 0. The summed E-state index contributed by atoms with van der Waals surface area (Å²) in [6.45, 7) is 4.82. The SMILES string of the molecule is O=[N+]([O-])c1ccc2c(ccn2CCCN2CCN(c3ccc(F)cc3F)CC2)c1. The van der Waals surface area contributed by atoms with Gasteiger partial charge < -0.3 is 9.47 Å². The molecule has 0 N–H and O–H groups in total. The van der Waals surface area contributed by atoms with Gasteiger partial charge in [0.2, 0.25) is 0 Å². The number of aryl methyl sites for hydroxylation is 1. The van der Waals surface area contributed by atoms with Crippen LogP contribution in [0.1, 0.15) is 6.42 Å². The van der Waals surface area contributed by atoms with Crippen LogP contribution in [-0.4, -0.2) is 47.1 Å². The lowest BCUT2D eigenvalue weighted by Gasteiger charge is -2.36. The Balaban J connectivity index is 1.29. The van der Waals surface area contributed by atoms with Crippen molar-refractivity contribution in [1.29, 1.82) is 0 Å². The maximum Gasteiger partial charge on any atom is 0.270 e. The van der Waals surface area contributed by atoms with Crippen LogP contribution in [0.5, 0.6) is 0 Å². The molecular formula is C21H22F2N4O2. The van der Waals surface area contributed by atoms with Gasteiger partial charge in [-0.2, -0.15) is 0 Å². The Morgan fingerprint density at radius 1 is 0.966 bits per heavy atom. The summed E-state index contributed by atoms with van der Waals surface area (Å²) < 4.78 is 29.2. The van der Waals surface area contributed by atoms with Crippen molar-refractivity contribution in [2.24, 2.45) is 0 Å². The summed E-state index contributed by atoms with van der Waals surface area (Å²) in [5.41, 5.74) is 1.55. The molecule has 6 nitrogen and oxygen atoms in total. The molecule has 3 aromatic rings. The molecule has 0 spiro atoms. The molecule has 0 bridgehead atoms. The second-order valence-electron chi connectivity index (χ2n) is 7.29. The molecule has 1 aromatic heterocycles. The van der Waals surface area contributed by atoms with Gasteiger partial charge in [-0.05, 0) is 37.2 Å². The largest absolute Gasteiger partial charge is 0.367 e. The number of nitro benzene ring substituents is 1. The van der Waals surface area contributed by atoms with E-state index in [1.807, 2.05) is 17.2 Å². The first-order valence-electron chi connectivity index (χ1n) is 9.67. The smallest absolute Gasteiger partial charge is 0.270 e. The molecule has 2 aromatic carbocycles. The first-order valence-corrected chi connectivity index (χ1v) is 9.67. The number of hydrogen-bond acceptors (Lipinski definition) is 4.